The van der Waals surface area contributed by atoms with E-state index >= 15 is 0 Å². The lowest BCUT2D eigenvalue weighted by molar-refractivity contribution is 0.560. The molecule has 3 aromatic rings. The molecule has 0 amide bonds. The van der Waals surface area contributed by atoms with Gasteiger partial charge in [0.25, 0.3) is 0 Å². The zero-order chi connectivity index (χ0) is 14.1. The van der Waals surface area contributed by atoms with Crippen molar-refractivity contribution in [2.45, 2.75) is 26.3 Å². The summed E-state index contributed by atoms with van der Waals surface area (Å²) < 4.78 is 2.70. The SMILES string of the molecule is Cc1cc(C)cc(CC(NN)c2cc3sccc3s2)c1. The van der Waals surface area contributed by atoms with E-state index in [2.05, 4.69) is 55.0 Å². The highest BCUT2D eigenvalue weighted by Gasteiger charge is 2.14. The number of aryl methyl sites for hydroxylation is 2. The number of benzene rings is 1. The van der Waals surface area contributed by atoms with Gasteiger partial charge in [-0.3, -0.25) is 11.3 Å². The fourth-order valence-corrected chi connectivity index (χ4v) is 4.80. The Bertz CT molecular complexity index is 678. The van der Waals surface area contributed by atoms with Crippen LogP contribution in [0.15, 0.2) is 35.7 Å². The Kier molecular flexibility index (Phi) is 3.89. The van der Waals surface area contributed by atoms with Crippen LogP contribution in [0.1, 0.15) is 27.6 Å². The van der Waals surface area contributed by atoms with Gasteiger partial charge < -0.3 is 0 Å². The minimum absolute atomic E-state index is 0.181. The second kappa shape index (κ2) is 5.66. The maximum absolute atomic E-state index is 5.78. The summed E-state index contributed by atoms with van der Waals surface area (Å²) in [5, 5.41) is 2.14. The third kappa shape index (κ3) is 2.79. The molecule has 3 rings (SSSR count). The van der Waals surface area contributed by atoms with Crippen LogP contribution in [0, 0.1) is 13.8 Å². The molecule has 1 aromatic carbocycles. The van der Waals surface area contributed by atoms with Gasteiger partial charge in [0.05, 0.1) is 6.04 Å². The van der Waals surface area contributed by atoms with Crippen molar-refractivity contribution >= 4 is 32.1 Å². The Morgan fingerprint density at radius 3 is 2.50 bits per heavy atom. The van der Waals surface area contributed by atoms with Gasteiger partial charge in [-0.1, -0.05) is 29.3 Å². The Morgan fingerprint density at radius 1 is 1.10 bits per heavy atom. The van der Waals surface area contributed by atoms with Crippen LogP contribution < -0.4 is 11.3 Å². The molecule has 1 atom stereocenters. The van der Waals surface area contributed by atoms with Gasteiger partial charge >= 0.3 is 0 Å². The maximum Gasteiger partial charge on any atom is 0.0594 e. The molecule has 1 unspecified atom stereocenters. The average Bonchev–Trinajstić information content (AvgIpc) is 2.95. The van der Waals surface area contributed by atoms with Gasteiger partial charge in [0.1, 0.15) is 0 Å². The van der Waals surface area contributed by atoms with Crippen LogP contribution in [0.3, 0.4) is 0 Å². The van der Waals surface area contributed by atoms with Crippen molar-refractivity contribution in [2.75, 3.05) is 0 Å². The van der Waals surface area contributed by atoms with E-state index in [-0.39, 0.29) is 6.04 Å². The average molecular weight is 302 g/mol. The Labute approximate surface area is 127 Å². The number of rotatable bonds is 4. The number of nitrogens with one attached hydrogen (secondary N) is 1. The minimum atomic E-state index is 0.181. The fourth-order valence-electron chi connectivity index (χ4n) is 2.62. The van der Waals surface area contributed by atoms with E-state index in [1.165, 1.54) is 31.0 Å². The molecular formula is C16H18N2S2. The van der Waals surface area contributed by atoms with Crippen molar-refractivity contribution in [1.29, 1.82) is 0 Å². The van der Waals surface area contributed by atoms with Crippen molar-refractivity contribution in [2.24, 2.45) is 5.84 Å². The second-order valence-electron chi connectivity index (χ2n) is 5.22. The van der Waals surface area contributed by atoms with Crippen LogP contribution in [0.5, 0.6) is 0 Å². The van der Waals surface area contributed by atoms with Crippen LogP contribution in [0.25, 0.3) is 9.40 Å². The van der Waals surface area contributed by atoms with E-state index in [4.69, 9.17) is 5.84 Å². The number of fused-ring (bicyclic) bond motifs is 1. The first-order valence-corrected chi connectivity index (χ1v) is 8.35. The molecule has 2 heterocycles. The van der Waals surface area contributed by atoms with E-state index in [0.717, 1.165) is 6.42 Å². The lowest BCUT2D eigenvalue weighted by atomic mass is 10.0. The highest BCUT2D eigenvalue weighted by Crippen LogP contribution is 2.34. The van der Waals surface area contributed by atoms with Gasteiger partial charge in [-0.05, 0) is 43.3 Å². The smallest absolute Gasteiger partial charge is 0.0594 e. The zero-order valence-electron chi connectivity index (χ0n) is 11.6. The lowest BCUT2D eigenvalue weighted by Gasteiger charge is -2.15. The minimum Gasteiger partial charge on any atom is -0.271 e. The molecule has 0 radical (unpaired) electrons. The van der Waals surface area contributed by atoms with Crippen LogP contribution >= 0.6 is 22.7 Å². The molecule has 0 bridgehead atoms. The second-order valence-corrected chi connectivity index (χ2v) is 7.28. The molecule has 4 heteroatoms. The highest BCUT2D eigenvalue weighted by atomic mass is 32.1. The summed E-state index contributed by atoms with van der Waals surface area (Å²) >= 11 is 3.62. The van der Waals surface area contributed by atoms with Crippen molar-refractivity contribution in [1.82, 2.24) is 5.43 Å². The standard InChI is InChI=1S/C16H18N2S2/c1-10-5-11(2)7-12(6-10)8-13(18-17)15-9-16-14(20-15)3-4-19-16/h3-7,9,13,18H,8,17H2,1-2H3. The first kappa shape index (κ1) is 13.8. The molecule has 2 nitrogen and oxygen atoms in total. The van der Waals surface area contributed by atoms with Crippen LogP contribution in [0.4, 0.5) is 0 Å². The Morgan fingerprint density at radius 2 is 1.85 bits per heavy atom. The third-order valence-corrected chi connectivity index (χ3v) is 5.63. The number of thiophene rings is 2. The topological polar surface area (TPSA) is 38.0 Å². The first-order valence-electron chi connectivity index (χ1n) is 6.66. The summed E-state index contributed by atoms with van der Waals surface area (Å²) in [4.78, 5) is 1.31. The first-order chi connectivity index (χ1) is 9.65. The van der Waals surface area contributed by atoms with E-state index in [1.807, 2.05) is 11.3 Å². The number of hydrogen-bond acceptors (Lipinski definition) is 4. The van der Waals surface area contributed by atoms with Crippen LogP contribution in [0.2, 0.25) is 0 Å². The molecule has 20 heavy (non-hydrogen) atoms. The Hall–Kier alpha value is -1.20. The molecule has 0 fully saturated rings. The molecule has 0 aliphatic carbocycles. The van der Waals surface area contributed by atoms with Crippen LogP contribution in [-0.2, 0) is 6.42 Å². The summed E-state index contributed by atoms with van der Waals surface area (Å²) in [6.45, 7) is 4.28. The molecule has 104 valence electrons. The molecule has 3 N–H and O–H groups in total. The van der Waals surface area contributed by atoms with Gasteiger partial charge in [0, 0.05) is 14.3 Å². The van der Waals surface area contributed by atoms with Gasteiger partial charge in [-0.2, -0.15) is 0 Å². The molecule has 0 aliphatic heterocycles. The van der Waals surface area contributed by atoms with Gasteiger partial charge in [-0.15, -0.1) is 22.7 Å². The quantitative estimate of drug-likeness (QED) is 0.556. The van der Waals surface area contributed by atoms with E-state index in [9.17, 15) is 0 Å². The summed E-state index contributed by atoms with van der Waals surface area (Å²) in [6.07, 6.45) is 0.923. The molecule has 0 spiro atoms. The lowest BCUT2D eigenvalue weighted by Crippen LogP contribution is -2.29. The molecule has 0 saturated carbocycles. The summed E-state index contributed by atoms with van der Waals surface area (Å²) in [6, 6.07) is 11.3. The predicted octanol–water partition coefficient (Wildman–Crippen LogP) is 4.33. The monoisotopic (exact) mass is 302 g/mol. The van der Waals surface area contributed by atoms with E-state index < -0.39 is 0 Å². The molecule has 0 aliphatic rings. The third-order valence-electron chi connectivity index (χ3n) is 3.42. The van der Waals surface area contributed by atoms with E-state index in [1.54, 1.807) is 11.3 Å². The number of hydrogen-bond donors (Lipinski definition) is 2. The van der Waals surface area contributed by atoms with Crippen molar-refractivity contribution in [3.05, 3.63) is 57.3 Å². The van der Waals surface area contributed by atoms with Gasteiger partial charge in [0.15, 0.2) is 0 Å². The van der Waals surface area contributed by atoms with Gasteiger partial charge in [0.2, 0.25) is 0 Å². The largest absolute Gasteiger partial charge is 0.271 e. The molecule has 0 saturated heterocycles. The van der Waals surface area contributed by atoms with Crippen LogP contribution in [-0.4, -0.2) is 0 Å². The number of hydrazine groups is 1. The molecular weight excluding hydrogens is 284 g/mol. The summed E-state index contributed by atoms with van der Waals surface area (Å²) in [5.41, 5.74) is 6.92. The van der Waals surface area contributed by atoms with Crippen molar-refractivity contribution in [3.8, 4) is 0 Å². The summed E-state index contributed by atoms with van der Waals surface area (Å²) in [7, 11) is 0. The van der Waals surface area contributed by atoms with E-state index in [0.29, 0.717) is 0 Å². The Balaban J connectivity index is 1.88. The van der Waals surface area contributed by atoms with Crippen molar-refractivity contribution in [3.63, 3.8) is 0 Å². The molecule has 2 aromatic heterocycles. The maximum atomic E-state index is 5.78. The zero-order valence-corrected chi connectivity index (χ0v) is 13.3. The van der Waals surface area contributed by atoms with Gasteiger partial charge in [-0.25, -0.2) is 0 Å². The van der Waals surface area contributed by atoms with Crippen molar-refractivity contribution < 1.29 is 0 Å². The normalized spacial score (nSPS) is 12.9. The predicted molar refractivity (Wildman–Crippen MR) is 89.4 cm³/mol. The number of nitrogens with two attached hydrogens (primary N) is 1. The fraction of sp³-hybridized carbons (Fsp3) is 0.250. The summed E-state index contributed by atoms with van der Waals surface area (Å²) in [5.74, 6) is 5.78. The highest BCUT2D eigenvalue weighted by molar-refractivity contribution is 7.26.